The first-order valence-corrected chi connectivity index (χ1v) is 5.69. The van der Waals surface area contributed by atoms with Crippen LogP contribution in [0.5, 0.6) is 0 Å². The maximum absolute atomic E-state index is 5.93. The van der Waals surface area contributed by atoms with E-state index in [1.54, 1.807) is 0 Å². The molecule has 2 nitrogen and oxygen atoms in total. The van der Waals surface area contributed by atoms with Crippen LogP contribution in [0.2, 0.25) is 0 Å². The van der Waals surface area contributed by atoms with E-state index in [2.05, 4.69) is 0 Å². The van der Waals surface area contributed by atoms with E-state index in [1.807, 2.05) is 0 Å². The Morgan fingerprint density at radius 1 is 1.00 bits per heavy atom. The maximum Gasteiger partial charge on any atom is 0.157 e. The fraction of sp³-hybridized carbons (Fsp3) is 1.00. The average molecular weight is 182 g/mol. The zero-order chi connectivity index (χ0) is 8.67. The molecule has 2 heteroatoms. The summed E-state index contributed by atoms with van der Waals surface area (Å²) >= 11 is 0. The molecular weight excluding hydrogens is 164 g/mol. The standard InChI is InChI=1S/C11H18O2/c1-2-4-12-11(3-1)13-10-6-8-5-9(8)7-10/h8-11H,1-7H2. The van der Waals surface area contributed by atoms with Gasteiger partial charge in [0.25, 0.3) is 0 Å². The van der Waals surface area contributed by atoms with Gasteiger partial charge in [0.15, 0.2) is 6.29 Å². The van der Waals surface area contributed by atoms with Crippen LogP contribution < -0.4 is 0 Å². The van der Waals surface area contributed by atoms with E-state index in [0.29, 0.717) is 6.10 Å². The minimum atomic E-state index is 0.135. The number of rotatable bonds is 2. The van der Waals surface area contributed by atoms with E-state index in [-0.39, 0.29) is 6.29 Å². The second-order valence-corrected chi connectivity index (χ2v) is 4.78. The van der Waals surface area contributed by atoms with Gasteiger partial charge in [0.1, 0.15) is 0 Å². The molecule has 3 fully saturated rings. The number of hydrogen-bond donors (Lipinski definition) is 0. The molecule has 2 aliphatic carbocycles. The van der Waals surface area contributed by atoms with Crippen molar-refractivity contribution in [2.75, 3.05) is 6.61 Å². The van der Waals surface area contributed by atoms with Crippen LogP contribution in [0.1, 0.15) is 38.5 Å². The lowest BCUT2D eigenvalue weighted by molar-refractivity contribution is -0.188. The van der Waals surface area contributed by atoms with E-state index in [9.17, 15) is 0 Å². The lowest BCUT2D eigenvalue weighted by Crippen LogP contribution is -2.27. The molecule has 0 amide bonds. The quantitative estimate of drug-likeness (QED) is 0.652. The van der Waals surface area contributed by atoms with Gasteiger partial charge in [-0.15, -0.1) is 0 Å². The number of fused-ring (bicyclic) bond motifs is 1. The molecule has 1 aliphatic heterocycles. The third-order valence-corrected chi connectivity index (χ3v) is 3.68. The molecule has 1 heterocycles. The normalized spacial score (nSPS) is 48.9. The highest BCUT2D eigenvalue weighted by molar-refractivity contribution is 4.96. The van der Waals surface area contributed by atoms with Crippen molar-refractivity contribution >= 4 is 0 Å². The van der Waals surface area contributed by atoms with E-state index in [0.717, 1.165) is 24.9 Å². The van der Waals surface area contributed by atoms with E-state index in [4.69, 9.17) is 9.47 Å². The van der Waals surface area contributed by atoms with Crippen LogP contribution in [0.4, 0.5) is 0 Å². The first-order valence-electron chi connectivity index (χ1n) is 5.69. The Balaban J connectivity index is 1.46. The fourth-order valence-corrected chi connectivity index (χ4v) is 2.80. The lowest BCUT2D eigenvalue weighted by atomic mass is 10.2. The number of hydrogen-bond acceptors (Lipinski definition) is 2. The summed E-state index contributed by atoms with van der Waals surface area (Å²) in [5.41, 5.74) is 0. The van der Waals surface area contributed by atoms with Crippen LogP contribution >= 0.6 is 0 Å². The van der Waals surface area contributed by atoms with Gasteiger partial charge in [0.05, 0.1) is 6.10 Å². The third kappa shape index (κ3) is 1.75. The van der Waals surface area contributed by atoms with Crippen molar-refractivity contribution in [3.05, 3.63) is 0 Å². The third-order valence-electron chi connectivity index (χ3n) is 3.68. The molecule has 0 bridgehead atoms. The summed E-state index contributed by atoms with van der Waals surface area (Å²) in [6, 6.07) is 0. The van der Waals surface area contributed by atoms with Crippen LogP contribution in [0.25, 0.3) is 0 Å². The van der Waals surface area contributed by atoms with Crippen LogP contribution in [0.15, 0.2) is 0 Å². The SMILES string of the molecule is C1CCC(OC2CC3CC3C2)OC1. The van der Waals surface area contributed by atoms with Crippen LogP contribution in [0.3, 0.4) is 0 Å². The predicted molar refractivity (Wildman–Crippen MR) is 49.3 cm³/mol. The summed E-state index contributed by atoms with van der Waals surface area (Å²) in [6.45, 7) is 0.907. The van der Waals surface area contributed by atoms with E-state index in [1.165, 1.54) is 32.1 Å². The summed E-state index contributed by atoms with van der Waals surface area (Å²) < 4.78 is 11.5. The first-order chi connectivity index (χ1) is 6.42. The molecule has 0 N–H and O–H groups in total. The summed E-state index contributed by atoms with van der Waals surface area (Å²) in [5, 5.41) is 0. The average Bonchev–Trinajstić information content (AvgIpc) is 2.76. The van der Waals surface area contributed by atoms with Gasteiger partial charge < -0.3 is 9.47 Å². The van der Waals surface area contributed by atoms with E-state index >= 15 is 0 Å². The van der Waals surface area contributed by atoms with E-state index < -0.39 is 0 Å². The monoisotopic (exact) mass is 182 g/mol. The van der Waals surface area contributed by atoms with Crippen LogP contribution in [-0.4, -0.2) is 19.0 Å². The Bertz CT molecular complexity index is 177. The van der Waals surface area contributed by atoms with Gasteiger partial charge in [-0.05, 0) is 50.4 Å². The molecule has 0 aromatic carbocycles. The van der Waals surface area contributed by atoms with Crippen molar-refractivity contribution in [2.24, 2.45) is 11.8 Å². The topological polar surface area (TPSA) is 18.5 Å². The molecule has 0 radical (unpaired) electrons. The molecular formula is C11H18O2. The molecule has 3 aliphatic rings. The van der Waals surface area contributed by atoms with Crippen LogP contribution in [-0.2, 0) is 9.47 Å². The van der Waals surface area contributed by atoms with Gasteiger partial charge in [-0.2, -0.15) is 0 Å². The lowest BCUT2D eigenvalue weighted by Gasteiger charge is -2.26. The Kier molecular flexibility index (Phi) is 2.06. The van der Waals surface area contributed by atoms with Crippen molar-refractivity contribution in [1.82, 2.24) is 0 Å². The van der Waals surface area contributed by atoms with Crippen LogP contribution in [0, 0.1) is 11.8 Å². The summed E-state index contributed by atoms with van der Waals surface area (Å²) in [7, 11) is 0. The molecule has 74 valence electrons. The molecule has 0 spiro atoms. The second kappa shape index (κ2) is 3.25. The highest BCUT2D eigenvalue weighted by atomic mass is 16.7. The molecule has 2 saturated carbocycles. The highest BCUT2D eigenvalue weighted by Gasteiger charge is 2.46. The first kappa shape index (κ1) is 8.25. The molecule has 0 aromatic heterocycles. The molecule has 3 atom stereocenters. The summed E-state index contributed by atoms with van der Waals surface area (Å²) in [4.78, 5) is 0. The molecule has 3 rings (SSSR count). The number of ether oxygens (including phenoxy) is 2. The van der Waals surface area contributed by atoms with Crippen molar-refractivity contribution in [1.29, 1.82) is 0 Å². The van der Waals surface area contributed by atoms with Gasteiger partial charge in [-0.1, -0.05) is 0 Å². The van der Waals surface area contributed by atoms with Crippen molar-refractivity contribution in [3.63, 3.8) is 0 Å². The second-order valence-electron chi connectivity index (χ2n) is 4.78. The van der Waals surface area contributed by atoms with Crippen molar-refractivity contribution < 1.29 is 9.47 Å². The molecule has 1 saturated heterocycles. The molecule has 3 unspecified atom stereocenters. The Morgan fingerprint density at radius 2 is 1.85 bits per heavy atom. The van der Waals surface area contributed by atoms with Gasteiger partial charge in [0.2, 0.25) is 0 Å². The largest absolute Gasteiger partial charge is 0.353 e. The van der Waals surface area contributed by atoms with Gasteiger partial charge in [-0.25, -0.2) is 0 Å². The van der Waals surface area contributed by atoms with Gasteiger partial charge in [0, 0.05) is 6.61 Å². The smallest absolute Gasteiger partial charge is 0.157 e. The Labute approximate surface area is 79.6 Å². The van der Waals surface area contributed by atoms with Gasteiger partial charge in [-0.3, -0.25) is 0 Å². The highest BCUT2D eigenvalue weighted by Crippen LogP contribution is 2.52. The zero-order valence-electron chi connectivity index (χ0n) is 8.08. The predicted octanol–water partition coefficient (Wildman–Crippen LogP) is 2.33. The van der Waals surface area contributed by atoms with Gasteiger partial charge >= 0.3 is 0 Å². The minimum absolute atomic E-state index is 0.135. The Morgan fingerprint density at radius 3 is 2.54 bits per heavy atom. The minimum Gasteiger partial charge on any atom is -0.353 e. The molecule has 0 aromatic rings. The summed E-state index contributed by atoms with van der Waals surface area (Å²) in [6.07, 6.45) is 8.38. The fourth-order valence-electron chi connectivity index (χ4n) is 2.80. The zero-order valence-corrected chi connectivity index (χ0v) is 8.08. The Hall–Kier alpha value is -0.0800. The van der Waals surface area contributed by atoms with Crippen molar-refractivity contribution in [3.8, 4) is 0 Å². The maximum atomic E-state index is 5.93. The molecule has 13 heavy (non-hydrogen) atoms. The van der Waals surface area contributed by atoms with Crippen molar-refractivity contribution in [2.45, 2.75) is 50.9 Å². The summed E-state index contributed by atoms with van der Waals surface area (Å²) in [5.74, 6) is 2.04.